The lowest BCUT2D eigenvalue weighted by molar-refractivity contribution is 0.0955. The quantitative estimate of drug-likeness (QED) is 0.542. The molecule has 0 bridgehead atoms. The third-order valence-corrected chi connectivity index (χ3v) is 4.41. The highest BCUT2D eigenvalue weighted by molar-refractivity contribution is 6.36. The SMILES string of the molecule is CCn1c(C)nc2cc(C(=O)NN=Cc3ccc(Cl)cc3Cl)ccc21. The van der Waals surface area contributed by atoms with Crippen molar-refractivity contribution in [3.05, 3.63) is 63.4 Å². The summed E-state index contributed by atoms with van der Waals surface area (Å²) >= 11 is 11.9. The van der Waals surface area contributed by atoms with E-state index in [9.17, 15) is 4.79 Å². The molecule has 0 aliphatic rings. The van der Waals surface area contributed by atoms with Gasteiger partial charge in [-0.1, -0.05) is 29.3 Å². The van der Waals surface area contributed by atoms with Crippen LogP contribution in [0.25, 0.3) is 11.0 Å². The molecule has 128 valence electrons. The molecule has 7 heteroatoms. The third-order valence-electron chi connectivity index (χ3n) is 3.85. The van der Waals surface area contributed by atoms with Crippen LogP contribution in [0.5, 0.6) is 0 Å². The van der Waals surface area contributed by atoms with Gasteiger partial charge in [-0.05, 0) is 44.2 Å². The minimum atomic E-state index is -0.313. The summed E-state index contributed by atoms with van der Waals surface area (Å²) in [7, 11) is 0. The highest BCUT2D eigenvalue weighted by Crippen LogP contribution is 2.20. The number of aromatic nitrogens is 2. The molecule has 1 N–H and O–H groups in total. The lowest BCUT2D eigenvalue weighted by Crippen LogP contribution is -2.17. The first-order valence-corrected chi connectivity index (χ1v) is 8.50. The predicted molar refractivity (Wildman–Crippen MR) is 102 cm³/mol. The maximum atomic E-state index is 12.3. The van der Waals surface area contributed by atoms with Gasteiger partial charge in [0.15, 0.2) is 0 Å². The standard InChI is InChI=1S/C18H16Cl2N4O/c1-3-24-11(2)22-16-8-12(5-7-17(16)24)18(25)23-21-10-13-4-6-14(19)9-15(13)20/h4-10H,3H2,1-2H3,(H,23,25). The van der Waals surface area contributed by atoms with Gasteiger partial charge in [0.2, 0.25) is 0 Å². The fraction of sp³-hybridized carbons (Fsp3) is 0.167. The van der Waals surface area contributed by atoms with E-state index in [2.05, 4.69) is 27.0 Å². The number of carbonyl (C=O) groups is 1. The van der Waals surface area contributed by atoms with Crippen LogP contribution in [0.4, 0.5) is 0 Å². The Kier molecular flexibility index (Phi) is 5.06. The van der Waals surface area contributed by atoms with Gasteiger partial charge < -0.3 is 4.57 Å². The number of rotatable bonds is 4. The van der Waals surface area contributed by atoms with E-state index in [1.807, 2.05) is 13.0 Å². The van der Waals surface area contributed by atoms with Gasteiger partial charge in [0.25, 0.3) is 5.91 Å². The minimum absolute atomic E-state index is 0.313. The van der Waals surface area contributed by atoms with E-state index >= 15 is 0 Å². The minimum Gasteiger partial charge on any atom is -0.329 e. The summed E-state index contributed by atoms with van der Waals surface area (Å²) in [5.74, 6) is 0.609. The molecule has 0 atom stereocenters. The maximum Gasteiger partial charge on any atom is 0.271 e. The first kappa shape index (κ1) is 17.5. The summed E-state index contributed by atoms with van der Waals surface area (Å²) in [6, 6.07) is 10.5. The zero-order chi connectivity index (χ0) is 18.0. The van der Waals surface area contributed by atoms with Crippen molar-refractivity contribution in [3.63, 3.8) is 0 Å². The summed E-state index contributed by atoms with van der Waals surface area (Å²) in [6.45, 7) is 4.84. The highest BCUT2D eigenvalue weighted by atomic mass is 35.5. The van der Waals surface area contributed by atoms with Gasteiger partial charge in [0.05, 0.1) is 22.3 Å². The van der Waals surface area contributed by atoms with E-state index in [-0.39, 0.29) is 5.91 Å². The summed E-state index contributed by atoms with van der Waals surface area (Å²) in [6.07, 6.45) is 1.48. The van der Waals surface area contributed by atoms with Crippen molar-refractivity contribution >= 4 is 46.4 Å². The molecular formula is C18H16Cl2N4O. The molecule has 25 heavy (non-hydrogen) atoms. The van der Waals surface area contributed by atoms with Gasteiger partial charge in [-0.3, -0.25) is 4.79 Å². The number of carbonyl (C=O) groups excluding carboxylic acids is 1. The average Bonchev–Trinajstić information content (AvgIpc) is 2.90. The number of hydrogen-bond acceptors (Lipinski definition) is 3. The van der Waals surface area contributed by atoms with Crippen LogP contribution in [0.1, 0.15) is 28.7 Å². The zero-order valence-electron chi connectivity index (χ0n) is 13.8. The van der Waals surface area contributed by atoms with E-state index in [0.717, 1.165) is 23.4 Å². The van der Waals surface area contributed by atoms with Gasteiger partial charge >= 0.3 is 0 Å². The zero-order valence-corrected chi connectivity index (χ0v) is 15.3. The van der Waals surface area contributed by atoms with Crippen molar-refractivity contribution in [2.45, 2.75) is 20.4 Å². The van der Waals surface area contributed by atoms with Crippen LogP contribution < -0.4 is 5.43 Å². The Labute approximate surface area is 155 Å². The Balaban J connectivity index is 1.77. The first-order chi connectivity index (χ1) is 12.0. The molecular weight excluding hydrogens is 359 g/mol. The van der Waals surface area contributed by atoms with E-state index in [1.54, 1.807) is 30.3 Å². The van der Waals surface area contributed by atoms with Crippen LogP contribution in [0, 0.1) is 6.92 Å². The van der Waals surface area contributed by atoms with Gasteiger partial charge in [0, 0.05) is 22.7 Å². The van der Waals surface area contributed by atoms with Crippen LogP contribution in [-0.2, 0) is 6.54 Å². The molecule has 0 saturated heterocycles. The molecule has 1 aromatic heterocycles. The highest BCUT2D eigenvalue weighted by Gasteiger charge is 2.10. The number of hydrazone groups is 1. The second kappa shape index (κ2) is 7.25. The van der Waals surface area contributed by atoms with E-state index in [1.165, 1.54) is 6.21 Å². The number of amides is 1. The molecule has 3 rings (SSSR count). The van der Waals surface area contributed by atoms with E-state index in [4.69, 9.17) is 23.2 Å². The van der Waals surface area contributed by atoms with Crippen LogP contribution in [0.2, 0.25) is 10.0 Å². The summed E-state index contributed by atoms with van der Waals surface area (Å²) in [5.41, 5.74) is 5.45. The number of nitrogens with one attached hydrogen (secondary N) is 1. The normalized spacial score (nSPS) is 11.4. The lowest BCUT2D eigenvalue weighted by atomic mass is 10.2. The molecule has 1 amide bonds. The van der Waals surface area contributed by atoms with Gasteiger partial charge in [0.1, 0.15) is 5.82 Å². The summed E-state index contributed by atoms with van der Waals surface area (Å²) in [5, 5.41) is 4.96. The molecule has 1 heterocycles. The number of hydrogen-bond donors (Lipinski definition) is 1. The number of fused-ring (bicyclic) bond motifs is 1. The monoisotopic (exact) mass is 374 g/mol. The fourth-order valence-electron chi connectivity index (χ4n) is 2.62. The Bertz CT molecular complexity index is 979. The molecule has 3 aromatic rings. The average molecular weight is 375 g/mol. The van der Waals surface area contributed by atoms with Gasteiger partial charge in [-0.2, -0.15) is 5.10 Å². The van der Waals surface area contributed by atoms with Crippen molar-refractivity contribution in [3.8, 4) is 0 Å². The largest absolute Gasteiger partial charge is 0.329 e. The van der Waals surface area contributed by atoms with Crippen LogP contribution in [0.15, 0.2) is 41.5 Å². The number of imidazole rings is 1. The van der Waals surface area contributed by atoms with Crippen LogP contribution in [-0.4, -0.2) is 21.7 Å². The topological polar surface area (TPSA) is 59.3 Å². The fourth-order valence-corrected chi connectivity index (χ4v) is 3.08. The Morgan fingerprint density at radius 3 is 2.80 bits per heavy atom. The second-order valence-electron chi connectivity index (χ2n) is 5.47. The number of halogens is 2. The van der Waals surface area contributed by atoms with Gasteiger partial charge in [-0.15, -0.1) is 0 Å². The Hall–Kier alpha value is -2.37. The number of aryl methyl sites for hydroxylation is 2. The van der Waals surface area contributed by atoms with E-state index < -0.39 is 0 Å². The van der Waals surface area contributed by atoms with Crippen molar-refractivity contribution in [1.29, 1.82) is 0 Å². The van der Waals surface area contributed by atoms with E-state index in [0.29, 0.717) is 21.2 Å². The second-order valence-corrected chi connectivity index (χ2v) is 6.32. The molecule has 0 aliphatic carbocycles. The molecule has 0 radical (unpaired) electrons. The molecule has 5 nitrogen and oxygen atoms in total. The van der Waals surface area contributed by atoms with Crippen LogP contribution >= 0.6 is 23.2 Å². The number of nitrogens with zero attached hydrogens (tertiary/aromatic N) is 3. The molecule has 2 aromatic carbocycles. The summed E-state index contributed by atoms with van der Waals surface area (Å²) < 4.78 is 2.09. The van der Waals surface area contributed by atoms with Crippen molar-refractivity contribution in [2.75, 3.05) is 0 Å². The maximum absolute atomic E-state index is 12.3. The first-order valence-electron chi connectivity index (χ1n) is 7.75. The molecule has 0 saturated carbocycles. The third kappa shape index (κ3) is 3.67. The molecule has 0 aliphatic heterocycles. The van der Waals surface area contributed by atoms with Crippen molar-refractivity contribution in [1.82, 2.24) is 15.0 Å². The predicted octanol–water partition coefficient (Wildman–Crippen LogP) is 4.44. The lowest BCUT2D eigenvalue weighted by Gasteiger charge is -2.03. The van der Waals surface area contributed by atoms with Crippen molar-refractivity contribution in [2.24, 2.45) is 5.10 Å². The smallest absolute Gasteiger partial charge is 0.271 e. The van der Waals surface area contributed by atoms with Crippen molar-refractivity contribution < 1.29 is 4.79 Å². The molecule has 0 unspecified atom stereocenters. The van der Waals surface area contributed by atoms with Gasteiger partial charge in [-0.25, -0.2) is 10.4 Å². The van der Waals surface area contributed by atoms with Crippen LogP contribution in [0.3, 0.4) is 0 Å². The Morgan fingerprint density at radius 1 is 1.28 bits per heavy atom. The Morgan fingerprint density at radius 2 is 2.08 bits per heavy atom. The molecule has 0 spiro atoms. The number of benzene rings is 2. The molecule has 0 fully saturated rings. The summed E-state index contributed by atoms with van der Waals surface area (Å²) in [4.78, 5) is 16.8.